The molecule has 0 bridgehead atoms. The van der Waals surface area contributed by atoms with Crippen molar-refractivity contribution in [3.8, 4) is 11.5 Å². The van der Waals surface area contributed by atoms with E-state index >= 15 is 0 Å². The van der Waals surface area contributed by atoms with Crippen LogP contribution in [0.4, 0.5) is 0 Å². The van der Waals surface area contributed by atoms with Gasteiger partial charge in [0, 0.05) is 41.7 Å². The zero-order valence-corrected chi connectivity index (χ0v) is 13.5. The number of fused-ring (bicyclic) bond motifs is 2. The molecule has 1 saturated heterocycles. The van der Waals surface area contributed by atoms with Crippen LogP contribution in [0, 0.1) is 0 Å². The lowest BCUT2D eigenvalue weighted by atomic mass is 9.97. The Kier molecular flexibility index (Phi) is 3.23. The molecule has 3 aromatic rings. The fourth-order valence-electron chi connectivity index (χ4n) is 4.01. The van der Waals surface area contributed by atoms with Crippen molar-refractivity contribution in [2.45, 2.75) is 18.9 Å². The van der Waals surface area contributed by atoms with Crippen LogP contribution in [0.25, 0.3) is 10.9 Å². The van der Waals surface area contributed by atoms with Crippen molar-refractivity contribution in [2.75, 3.05) is 19.9 Å². The number of benzene rings is 2. The van der Waals surface area contributed by atoms with E-state index in [1.165, 1.54) is 28.5 Å². The Hall–Kier alpha value is -2.46. The molecule has 1 unspecified atom stereocenters. The number of aromatic nitrogens is 1. The molecule has 0 spiro atoms. The van der Waals surface area contributed by atoms with E-state index in [1.54, 1.807) is 0 Å². The van der Waals surface area contributed by atoms with Crippen LogP contribution < -0.4 is 9.47 Å². The molecule has 1 N–H and O–H groups in total. The average Bonchev–Trinajstić information content (AvgIpc) is 3.34. The third-order valence-electron chi connectivity index (χ3n) is 5.21. The second kappa shape index (κ2) is 5.56. The summed E-state index contributed by atoms with van der Waals surface area (Å²) in [6.45, 7) is 3.53. The summed E-state index contributed by atoms with van der Waals surface area (Å²) in [6.07, 6.45) is 3.32. The first kappa shape index (κ1) is 13.9. The van der Waals surface area contributed by atoms with E-state index in [4.69, 9.17) is 9.47 Å². The van der Waals surface area contributed by atoms with Crippen LogP contribution in [0.15, 0.2) is 48.7 Å². The van der Waals surface area contributed by atoms with Crippen LogP contribution in [0.5, 0.6) is 11.5 Å². The Balaban J connectivity index is 1.35. The lowest BCUT2D eigenvalue weighted by molar-refractivity contribution is 0.173. The van der Waals surface area contributed by atoms with Gasteiger partial charge in [0.2, 0.25) is 6.79 Å². The highest BCUT2D eigenvalue weighted by Crippen LogP contribution is 2.42. The Morgan fingerprint density at radius 1 is 1.08 bits per heavy atom. The molecule has 3 heterocycles. The van der Waals surface area contributed by atoms with Gasteiger partial charge in [-0.3, -0.25) is 4.90 Å². The summed E-state index contributed by atoms with van der Waals surface area (Å²) in [7, 11) is 0. The summed E-state index contributed by atoms with van der Waals surface area (Å²) >= 11 is 0. The number of H-pyrrole nitrogens is 1. The maximum absolute atomic E-state index is 5.70. The number of ether oxygens (including phenoxy) is 2. The monoisotopic (exact) mass is 320 g/mol. The summed E-state index contributed by atoms with van der Waals surface area (Å²) in [4.78, 5) is 5.91. The fourth-order valence-corrected chi connectivity index (χ4v) is 4.01. The minimum atomic E-state index is 0.345. The van der Waals surface area contributed by atoms with Crippen molar-refractivity contribution >= 4 is 10.9 Å². The smallest absolute Gasteiger partial charge is 0.231 e. The molecule has 1 atom stereocenters. The van der Waals surface area contributed by atoms with Gasteiger partial charge in [-0.2, -0.15) is 0 Å². The van der Waals surface area contributed by atoms with Crippen molar-refractivity contribution in [3.63, 3.8) is 0 Å². The van der Waals surface area contributed by atoms with E-state index in [0.717, 1.165) is 31.1 Å². The molecular formula is C20H20N2O2. The summed E-state index contributed by atoms with van der Waals surface area (Å²) in [5.41, 5.74) is 3.89. The maximum Gasteiger partial charge on any atom is 0.231 e. The minimum absolute atomic E-state index is 0.345. The van der Waals surface area contributed by atoms with Crippen molar-refractivity contribution < 1.29 is 9.47 Å². The second-order valence-electron chi connectivity index (χ2n) is 6.66. The molecule has 122 valence electrons. The Labute approximate surface area is 141 Å². The quantitative estimate of drug-likeness (QED) is 0.795. The van der Waals surface area contributed by atoms with Gasteiger partial charge in [0.25, 0.3) is 0 Å². The van der Waals surface area contributed by atoms with Gasteiger partial charge in [0.15, 0.2) is 11.5 Å². The molecule has 4 heteroatoms. The Morgan fingerprint density at radius 3 is 3.04 bits per heavy atom. The topological polar surface area (TPSA) is 37.5 Å². The van der Waals surface area contributed by atoms with Gasteiger partial charge in [-0.25, -0.2) is 0 Å². The first-order valence-electron chi connectivity index (χ1n) is 8.54. The summed E-state index contributed by atoms with van der Waals surface area (Å²) in [6, 6.07) is 14.8. The van der Waals surface area contributed by atoms with Gasteiger partial charge in [0.1, 0.15) is 0 Å². The Bertz CT molecular complexity index is 886. The first-order chi connectivity index (χ1) is 11.9. The first-order valence-corrected chi connectivity index (χ1v) is 8.54. The molecule has 2 aromatic carbocycles. The van der Waals surface area contributed by atoms with Crippen LogP contribution in [0.1, 0.15) is 23.5 Å². The third-order valence-corrected chi connectivity index (χ3v) is 5.21. The molecular weight excluding hydrogens is 300 g/mol. The van der Waals surface area contributed by atoms with Gasteiger partial charge in [0.05, 0.1) is 0 Å². The van der Waals surface area contributed by atoms with Crippen LogP contribution in [0.3, 0.4) is 0 Å². The number of nitrogens with zero attached hydrogens (tertiary/aromatic N) is 1. The molecule has 0 saturated carbocycles. The number of rotatable bonds is 3. The van der Waals surface area contributed by atoms with E-state index < -0.39 is 0 Å². The lowest BCUT2D eigenvalue weighted by Gasteiger charge is -2.16. The second-order valence-corrected chi connectivity index (χ2v) is 6.66. The van der Waals surface area contributed by atoms with Crippen molar-refractivity contribution in [1.82, 2.24) is 9.88 Å². The molecule has 4 nitrogen and oxygen atoms in total. The Morgan fingerprint density at radius 2 is 2.04 bits per heavy atom. The predicted molar refractivity (Wildman–Crippen MR) is 93.5 cm³/mol. The minimum Gasteiger partial charge on any atom is -0.454 e. The number of hydrogen-bond acceptors (Lipinski definition) is 3. The third kappa shape index (κ3) is 2.26. The molecule has 0 aliphatic carbocycles. The highest BCUT2D eigenvalue weighted by atomic mass is 16.7. The van der Waals surface area contributed by atoms with Gasteiger partial charge >= 0.3 is 0 Å². The maximum atomic E-state index is 5.70. The van der Waals surface area contributed by atoms with Gasteiger partial charge in [-0.1, -0.05) is 30.3 Å². The van der Waals surface area contributed by atoms with Gasteiger partial charge in [-0.05, 0) is 30.7 Å². The zero-order valence-electron chi connectivity index (χ0n) is 13.5. The number of para-hydroxylation sites is 2. The molecule has 2 aliphatic rings. The van der Waals surface area contributed by atoms with Crippen LogP contribution >= 0.6 is 0 Å². The van der Waals surface area contributed by atoms with Crippen molar-refractivity contribution in [1.29, 1.82) is 0 Å². The largest absolute Gasteiger partial charge is 0.454 e. The number of hydrogen-bond donors (Lipinski definition) is 1. The number of aromatic amines is 1. The highest BCUT2D eigenvalue weighted by Gasteiger charge is 2.29. The van der Waals surface area contributed by atoms with Crippen molar-refractivity contribution in [2.24, 2.45) is 0 Å². The lowest BCUT2D eigenvalue weighted by Crippen LogP contribution is -2.19. The molecule has 2 aliphatic heterocycles. The molecule has 24 heavy (non-hydrogen) atoms. The zero-order chi connectivity index (χ0) is 15.9. The van der Waals surface area contributed by atoms with Crippen LogP contribution in [-0.2, 0) is 6.54 Å². The van der Waals surface area contributed by atoms with Gasteiger partial charge in [-0.15, -0.1) is 0 Å². The normalized spacial score (nSPS) is 20.1. The standard InChI is InChI=1S/C20H20N2O2/c1-2-6-18-16(4-1)15(10-21-18)12-22-9-8-14(11-22)17-5-3-7-19-20(17)24-13-23-19/h1-7,10,14,21H,8-9,11-13H2. The molecule has 1 aromatic heterocycles. The summed E-state index contributed by atoms with van der Waals surface area (Å²) in [5.74, 6) is 2.37. The van der Waals surface area contributed by atoms with E-state index in [1.807, 2.05) is 6.07 Å². The van der Waals surface area contributed by atoms with E-state index in [2.05, 4.69) is 52.5 Å². The van der Waals surface area contributed by atoms with Gasteiger partial charge < -0.3 is 14.5 Å². The van der Waals surface area contributed by atoms with E-state index in [9.17, 15) is 0 Å². The average molecular weight is 320 g/mol. The number of likely N-dealkylation sites (tertiary alicyclic amines) is 1. The highest BCUT2D eigenvalue weighted by molar-refractivity contribution is 5.82. The summed E-state index contributed by atoms with van der Waals surface area (Å²) < 4.78 is 11.2. The molecule has 5 rings (SSSR count). The SMILES string of the molecule is c1cc2c(c(C3CCN(Cc4c[nH]c5ccccc45)C3)c1)OCO2. The molecule has 0 radical (unpaired) electrons. The van der Waals surface area contributed by atoms with E-state index in [0.29, 0.717) is 12.7 Å². The fraction of sp³-hybridized carbons (Fsp3) is 0.300. The molecule has 0 amide bonds. The van der Waals surface area contributed by atoms with Crippen molar-refractivity contribution in [3.05, 3.63) is 59.8 Å². The summed E-state index contributed by atoms with van der Waals surface area (Å²) in [5, 5.41) is 1.33. The van der Waals surface area contributed by atoms with Crippen LogP contribution in [-0.4, -0.2) is 29.8 Å². The number of nitrogens with one attached hydrogen (secondary N) is 1. The molecule has 1 fully saturated rings. The predicted octanol–water partition coefficient (Wildman–Crippen LogP) is 3.89. The van der Waals surface area contributed by atoms with Crippen LogP contribution in [0.2, 0.25) is 0 Å². The van der Waals surface area contributed by atoms with E-state index in [-0.39, 0.29) is 0 Å².